The van der Waals surface area contributed by atoms with Crippen LogP contribution in [-0.2, 0) is 14.6 Å². The Bertz CT molecular complexity index is 883. The molecule has 3 N–H and O–H groups in total. The average Bonchev–Trinajstić information content (AvgIpc) is 2.49. The molecule has 0 saturated carbocycles. The lowest BCUT2D eigenvalue weighted by Crippen LogP contribution is -2.09. The van der Waals surface area contributed by atoms with E-state index in [1.165, 1.54) is 49.4 Å². The van der Waals surface area contributed by atoms with Gasteiger partial charge < -0.3 is 11.1 Å². The second-order valence-corrected chi connectivity index (χ2v) is 6.52. The second kappa shape index (κ2) is 5.87. The lowest BCUT2D eigenvalue weighted by atomic mass is 10.2. The standard InChI is InChI=1S/C15H13N3O3S/c1-10(19)18-15-6-5-13(8-14(15)17)22(20,21)12-4-2-3-11(7-12)9-16/h2-8H,17H2,1H3,(H,18,19). The summed E-state index contributed by atoms with van der Waals surface area (Å²) in [5.74, 6) is -0.302. The van der Waals surface area contributed by atoms with Gasteiger partial charge in [0.2, 0.25) is 15.7 Å². The van der Waals surface area contributed by atoms with Crippen LogP contribution in [0.25, 0.3) is 0 Å². The Morgan fingerprint density at radius 2 is 1.86 bits per heavy atom. The molecule has 0 unspecified atom stereocenters. The smallest absolute Gasteiger partial charge is 0.221 e. The quantitative estimate of drug-likeness (QED) is 0.840. The van der Waals surface area contributed by atoms with E-state index in [2.05, 4.69) is 5.32 Å². The Hall–Kier alpha value is -2.85. The van der Waals surface area contributed by atoms with Gasteiger partial charge in [-0.25, -0.2) is 8.42 Å². The van der Waals surface area contributed by atoms with Crippen LogP contribution in [0.15, 0.2) is 52.3 Å². The van der Waals surface area contributed by atoms with E-state index in [9.17, 15) is 13.2 Å². The van der Waals surface area contributed by atoms with Crippen molar-refractivity contribution in [1.82, 2.24) is 0 Å². The van der Waals surface area contributed by atoms with Crippen LogP contribution in [0.2, 0.25) is 0 Å². The fourth-order valence-electron chi connectivity index (χ4n) is 1.88. The van der Waals surface area contributed by atoms with Crippen LogP contribution in [0.4, 0.5) is 11.4 Å². The fraction of sp³-hybridized carbons (Fsp3) is 0.0667. The topological polar surface area (TPSA) is 113 Å². The Balaban J connectivity index is 2.48. The highest BCUT2D eigenvalue weighted by Crippen LogP contribution is 2.27. The van der Waals surface area contributed by atoms with Gasteiger partial charge in [-0.05, 0) is 36.4 Å². The predicted molar refractivity (Wildman–Crippen MR) is 81.8 cm³/mol. The van der Waals surface area contributed by atoms with Gasteiger partial charge in [-0.2, -0.15) is 5.26 Å². The van der Waals surface area contributed by atoms with E-state index >= 15 is 0 Å². The first kappa shape index (κ1) is 15.5. The number of anilines is 2. The molecular weight excluding hydrogens is 302 g/mol. The number of carbonyl (C=O) groups excluding carboxylic acids is 1. The second-order valence-electron chi connectivity index (χ2n) is 4.57. The zero-order valence-electron chi connectivity index (χ0n) is 11.7. The van der Waals surface area contributed by atoms with Crippen molar-refractivity contribution in [2.24, 2.45) is 0 Å². The van der Waals surface area contributed by atoms with Gasteiger partial charge in [0.25, 0.3) is 0 Å². The first-order valence-corrected chi connectivity index (χ1v) is 7.75. The van der Waals surface area contributed by atoms with Crippen LogP contribution < -0.4 is 11.1 Å². The van der Waals surface area contributed by atoms with E-state index in [1.54, 1.807) is 0 Å². The third-order valence-electron chi connectivity index (χ3n) is 2.92. The molecule has 6 nitrogen and oxygen atoms in total. The van der Waals surface area contributed by atoms with Gasteiger partial charge in [-0.1, -0.05) is 6.07 Å². The van der Waals surface area contributed by atoms with E-state index in [-0.39, 0.29) is 26.9 Å². The molecule has 0 heterocycles. The van der Waals surface area contributed by atoms with Crippen molar-refractivity contribution >= 4 is 27.1 Å². The van der Waals surface area contributed by atoms with Gasteiger partial charge in [0.1, 0.15) is 0 Å². The summed E-state index contributed by atoms with van der Waals surface area (Å²) in [5.41, 5.74) is 6.51. The van der Waals surface area contributed by atoms with Crippen molar-refractivity contribution in [3.8, 4) is 6.07 Å². The third kappa shape index (κ3) is 3.07. The highest BCUT2D eigenvalue weighted by Gasteiger charge is 2.19. The molecule has 22 heavy (non-hydrogen) atoms. The van der Waals surface area contributed by atoms with Crippen molar-refractivity contribution < 1.29 is 13.2 Å². The van der Waals surface area contributed by atoms with Crippen molar-refractivity contribution in [2.45, 2.75) is 16.7 Å². The number of nitrogens with one attached hydrogen (secondary N) is 1. The zero-order chi connectivity index (χ0) is 16.3. The van der Waals surface area contributed by atoms with Gasteiger partial charge in [-0.15, -0.1) is 0 Å². The Kier molecular flexibility index (Phi) is 4.15. The van der Waals surface area contributed by atoms with Crippen LogP contribution in [0.1, 0.15) is 12.5 Å². The maximum Gasteiger partial charge on any atom is 0.221 e. The summed E-state index contributed by atoms with van der Waals surface area (Å²) in [4.78, 5) is 11.0. The molecular formula is C15H13N3O3S. The van der Waals surface area contributed by atoms with Crippen molar-refractivity contribution in [2.75, 3.05) is 11.1 Å². The first-order valence-electron chi connectivity index (χ1n) is 6.27. The Morgan fingerprint density at radius 1 is 1.18 bits per heavy atom. The van der Waals surface area contributed by atoms with E-state index < -0.39 is 9.84 Å². The normalized spacial score (nSPS) is 10.7. The number of rotatable bonds is 3. The number of hydrogen-bond donors (Lipinski definition) is 2. The van der Waals surface area contributed by atoms with Crippen LogP contribution >= 0.6 is 0 Å². The molecule has 0 aliphatic heterocycles. The molecule has 0 aliphatic carbocycles. The number of sulfone groups is 1. The zero-order valence-corrected chi connectivity index (χ0v) is 12.5. The van der Waals surface area contributed by atoms with Crippen molar-refractivity contribution in [1.29, 1.82) is 5.26 Å². The maximum absolute atomic E-state index is 12.5. The van der Waals surface area contributed by atoms with Gasteiger partial charge in [0.05, 0.1) is 32.8 Å². The molecule has 0 atom stereocenters. The fourth-order valence-corrected chi connectivity index (χ4v) is 3.22. The number of benzene rings is 2. The monoisotopic (exact) mass is 315 g/mol. The third-order valence-corrected chi connectivity index (χ3v) is 4.67. The number of amides is 1. The molecule has 0 aromatic heterocycles. The van der Waals surface area contributed by atoms with Gasteiger partial charge in [0.15, 0.2) is 0 Å². The highest BCUT2D eigenvalue weighted by atomic mass is 32.2. The molecule has 0 saturated heterocycles. The lowest BCUT2D eigenvalue weighted by Gasteiger charge is -2.09. The van der Waals surface area contributed by atoms with Crippen molar-refractivity contribution in [3.63, 3.8) is 0 Å². The summed E-state index contributed by atoms with van der Waals surface area (Å²) in [7, 11) is -3.78. The Labute approximate surface area is 128 Å². The summed E-state index contributed by atoms with van der Waals surface area (Å²) in [6, 6.07) is 11.7. The largest absolute Gasteiger partial charge is 0.397 e. The van der Waals surface area contributed by atoms with Crippen LogP contribution in [-0.4, -0.2) is 14.3 Å². The molecule has 0 aliphatic rings. The minimum absolute atomic E-state index is 0.00538. The minimum Gasteiger partial charge on any atom is -0.397 e. The Morgan fingerprint density at radius 3 is 2.45 bits per heavy atom. The summed E-state index contributed by atoms with van der Waals surface area (Å²) < 4.78 is 25.1. The summed E-state index contributed by atoms with van der Waals surface area (Å²) in [5, 5.41) is 11.4. The molecule has 1 amide bonds. The van der Waals surface area contributed by atoms with Gasteiger partial charge >= 0.3 is 0 Å². The molecule has 2 aromatic rings. The highest BCUT2D eigenvalue weighted by molar-refractivity contribution is 7.91. The summed E-state index contributed by atoms with van der Waals surface area (Å²) in [6.45, 7) is 1.33. The number of nitrogens with zero attached hydrogens (tertiary/aromatic N) is 1. The summed E-state index contributed by atoms with van der Waals surface area (Å²) >= 11 is 0. The van der Waals surface area contributed by atoms with Crippen LogP contribution in [0.3, 0.4) is 0 Å². The van der Waals surface area contributed by atoms with Gasteiger partial charge in [-0.3, -0.25) is 4.79 Å². The van der Waals surface area contributed by atoms with E-state index in [4.69, 9.17) is 11.0 Å². The molecule has 0 fully saturated rings. The molecule has 0 spiro atoms. The van der Waals surface area contributed by atoms with E-state index in [0.717, 1.165) is 0 Å². The predicted octanol–water partition coefficient (Wildman–Crippen LogP) is 1.93. The van der Waals surface area contributed by atoms with Gasteiger partial charge in [0, 0.05) is 6.92 Å². The molecule has 2 aromatic carbocycles. The molecule has 0 radical (unpaired) electrons. The number of hydrogen-bond acceptors (Lipinski definition) is 5. The van der Waals surface area contributed by atoms with E-state index in [0.29, 0.717) is 5.69 Å². The van der Waals surface area contributed by atoms with E-state index in [1.807, 2.05) is 6.07 Å². The average molecular weight is 315 g/mol. The number of nitrogen functional groups attached to an aromatic ring is 1. The van der Waals surface area contributed by atoms with Crippen LogP contribution in [0, 0.1) is 11.3 Å². The molecule has 2 rings (SSSR count). The molecule has 112 valence electrons. The SMILES string of the molecule is CC(=O)Nc1ccc(S(=O)(=O)c2cccc(C#N)c2)cc1N. The maximum atomic E-state index is 12.5. The number of nitrogens with two attached hydrogens (primary N) is 1. The number of carbonyl (C=O) groups is 1. The summed E-state index contributed by atoms with van der Waals surface area (Å²) in [6.07, 6.45) is 0. The van der Waals surface area contributed by atoms with Crippen molar-refractivity contribution in [3.05, 3.63) is 48.0 Å². The van der Waals surface area contributed by atoms with Crippen LogP contribution in [0.5, 0.6) is 0 Å². The minimum atomic E-state index is -3.78. The molecule has 0 bridgehead atoms. The first-order chi connectivity index (χ1) is 10.3. The number of nitriles is 1. The molecule has 7 heteroatoms. The lowest BCUT2D eigenvalue weighted by molar-refractivity contribution is -0.114.